The number of carbonyl (C=O) groups is 1. The van der Waals surface area contributed by atoms with Crippen molar-refractivity contribution in [3.05, 3.63) is 47.3 Å². The van der Waals surface area contributed by atoms with E-state index in [1.165, 1.54) is 5.69 Å². The largest absolute Gasteiger partial charge is 0.497 e. The summed E-state index contributed by atoms with van der Waals surface area (Å²) in [7, 11) is 1.65. The van der Waals surface area contributed by atoms with Crippen LogP contribution in [0.2, 0.25) is 0 Å². The van der Waals surface area contributed by atoms with Gasteiger partial charge in [0.2, 0.25) is 5.91 Å². The summed E-state index contributed by atoms with van der Waals surface area (Å²) in [6, 6.07) is 9.87. The molecule has 5 nitrogen and oxygen atoms in total. The van der Waals surface area contributed by atoms with Crippen molar-refractivity contribution < 1.29 is 9.53 Å². The molecule has 0 saturated carbocycles. The third-order valence-electron chi connectivity index (χ3n) is 4.99. The fourth-order valence-electron chi connectivity index (χ4n) is 3.54. The number of benzene rings is 1. The second-order valence-corrected chi connectivity index (χ2v) is 6.96. The highest BCUT2D eigenvalue weighted by atomic mass is 16.5. The van der Waals surface area contributed by atoms with Gasteiger partial charge < -0.3 is 9.64 Å². The van der Waals surface area contributed by atoms with Gasteiger partial charge in [-0.3, -0.25) is 9.48 Å². The number of methoxy groups -OCH3 is 1. The van der Waals surface area contributed by atoms with Crippen molar-refractivity contribution in [2.75, 3.05) is 20.2 Å². The van der Waals surface area contributed by atoms with Crippen molar-refractivity contribution in [1.29, 1.82) is 0 Å². The van der Waals surface area contributed by atoms with E-state index in [2.05, 4.69) is 22.8 Å². The summed E-state index contributed by atoms with van der Waals surface area (Å²) >= 11 is 0. The highest BCUT2D eigenvalue weighted by Gasteiger charge is 2.23. The Hall–Kier alpha value is -2.30. The summed E-state index contributed by atoms with van der Waals surface area (Å²) in [6.07, 6.45) is 2.53. The molecule has 0 radical (unpaired) electrons. The monoisotopic (exact) mass is 341 g/mol. The van der Waals surface area contributed by atoms with Crippen LogP contribution in [0, 0.1) is 19.8 Å². The van der Waals surface area contributed by atoms with Gasteiger partial charge in [0.15, 0.2) is 0 Å². The summed E-state index contributed by atoms with van der Waals surface area (Å²) in [5.41, 5.74) is 3.30. The number of carbonyl (C=O) groups excluding carboxylic acids is 1. The number of aryl methyl sites for hydroxylation is 2. The molecule has 134 valence electrons. The van der Waals surface area contributed by atoms with E-state index < -0.39 is 0 Å². The van der Waals surface area contributed by atoms with Gasteiger partial charge in [0, 0.05) is 25.3 Å². The Kier molecular flexibility index (Phi) is 5.41. The smallest absolute Gasteiger partial charge is 0.226 e. The molecule has 1 fully saturated rings. The van der Waals surface area contributed by atoms with E-state index in [9.17, 15) is 4.79 Å². The summed E-state index contributed by atoms with van der Waals surface area (Å²) in [5, 5.41) is 4.55. The Bertz CT molecular complexity index is 730. The van der Waals surface area contributed by atoms with Crippen LogP contribution in [0.25, 0.3) is 0 Å². The fourth-order valence-corrected chi connectivity index (χ4v) is 3.54. The van der Waals surface area contributed by atoms with Gasteiger partial charge in [-0.15, -0.1) is 0 Å². The van der Waals surface area contributed by atoms with Crippen LogP contribution < -0.4 is 4.74 Å². The first-order valence-electron chi connectivity index (χ1n) is 8.97. The van der Waals surface area contributed by atoms with Gasteiger partial charge in [0.05, 0.1) is 19.2 Å². The first kappa shape index (κ1) is 17.5. The van der Waals surface area contributed by atoms with Crippen LogP contribution in [-0.2, 0) is 17.8 Å². The van der Waals surface area contributed by atoms with Gasteiger partial charge in [-0.1, -0.05) is 12.1 Å². The van der Waals surface area contributed by atoms with Crippen molar-refractivity contribution >= 4 is 5.91 Å². The Morgan fingerprint density at radius 1 is 1.24 bits per heavy atom. The molecule has 0 aliphatic carbocycles. The van der Waals surface area contributed by atoms with E-state index >= 15 is 0 Å². The first-order valence-corrected chi connectivity index (χ1v) is 8.97. The molecule has 0 bridgehead atoms. The Balaban J connectivity index is 1.51. The Labute approximate surface area is 149 Å². The van der Waals surface area contributed by atoms with Crippen molar-refractivity contribution in [2.45, 2.75) is 39.7 Å². The number of aromatic nitrogens is 2. The molecule has 1 aliphatic rings. The number of hydrogen-bond acceptors (Lipinski definition) is 3. The number of piperidine rings is 1. The number of amides is 1. The van der Waals surface area contributed by atoms with E-state index in [0.717, 1.165) is 49.5 Å². The minimum Gasteiger partial charge on any atom is -0.497 e. The van der Waals surface area contributed by atoms with Crippen LogP contribution in [0.3, 0.4) is 0 Å². The fraction of sp³-hybridized carbons (Fsp3) is 0.500. The quantitative estimate of drug-likeness (QED) is 0.840. The third-order valence-corrected chi connectivity index (χ3v) is 4.99. The van der Waals surface area contributed by atoms with Gasteiger partial charge in [0.25, 0.3) is 0 Å². The zero-order chi connectivity index (χ0) is 17.8. The highest BCUT2D eigenvalue weighted by Crippen LogP contribution is 2.21. The maximum atomic E-state index is 12.6. The number of ether oxygens (including phenoxy) is 1. The number of rotatable bonds is 5. The first-order chi connectivity index (χ1) is 12.0. The molecular formula is C20H27N3O2. The molecule has 1 aromatic carbocycles. The van der Waals surface area contributed by atoms with Gasteiger partial charge in [-0.2, -0.15) is 5.10 Å². The van der Waals surface area contributed by atoms with Crippen molar-refractivity contribution in [3.8, 4) is 5.75 Å². The van der Waals surface area contributed by atoms with Crippen molar-refractivity contribution in [3.63, 3.8) is 0 Å². The molecule has 5 heteroatoms. The number of nitrogens with zero attached hydrogens (tertiary/aromatic N) is 3. The van der Waals surface area contributed by atoms with Crippen molar-refractivity contribution in [1.82, 2.24) is 14.7 Å². The molecule has 1 aliphatic heterocycles. The number of likely N-dealkylation sites (tertiary alicyclic amines) is 1. The predicted octanol–water partition coefficient (Wildman–Crippen LogP) is 2.99. The molecule has 0 N–H and O–H groups in total. The normalized spacial score (nSPS) is 15.4. The molecule has 25 heavy (non-hydrogen) atoms. The lowest BCUT2D eigenvalue weighted by Gasteiger charge is -2.32. The molecule has 0 atom stereocenters. The van der Waals surface area contributed by atoms with Crippen LogP contribution in [-0.4, -0.2) is 40.8 Å². The minimum absolute atomic E-state index is 0.206. The maximum Gasteiger partial charge on any atom is 0.226 e. The van der Waals surface area contributed by atoms with Crippen LogP contribution in [0.5, 0.6) is 5.75 Å². The summed E-state index contributed by atoms with van der Waals surface area (Å²) in [6.45, 7) is 6.77. The highest BCUT2D eigenvalue weighted by molar-refractivity contribution is 5.79. The molecule has 1 aromatic heterocycles. The molecule has 0 spiro atoms. The van der Waals surface area contributed by atoms with E-state index in [1.54, 1.807) is 7.11 Å². The van der Waals surface area contributed by atoms with Gasteiger partial charge in [-0.25, -0.2) is 0 Å². The molecule has 1 amide bonds. The lowest BCUT2D eigenvalue weighted by Crippen LogP contribution is -2.40. The van der Waals surface area contributed by atoms with Crippen LogP contribution in [0.4, 0.5) is 0 Å². The van der Waals surface area contributed by atoms with E-state index in [1.807, 2.05) is 36.1 Å². The second kappa shape index (κ2) is 7.72. The second-order valence-electron chi connectivity index (χ2n) is 6.96. The standard InChI is InChI=1S/C20H27N3O2/c1-15-11-16(2)23(21-15)14-17-7-9-22(10-8-17)20(24)13-18-5-4-6-19(12-18)25-3/h4-6,11-12,17H,7-10,13-14H2,1-3H3. The van der Waals surface area contributed by atoms with E-state index in [0.29, 0.717) is 12.3 Å². The summed E-state index contributed by atoms with van der Waals surface area (Å²) in [4.78, 5) is 14.6. The predicted molar refractivity (Wildman–Crippen MR) is 97.7 cm³/mol. The summed E-state index contributed by atoms with van der Waals surface area (Å²) < 4.78 is 7.34. The van der Waals surface area contributed by atoms with Crippen LogP contribution in [0.15, 0.2) is 30.3 Å². The van der Waals surface area contributed by atoms with Crippen LogP contribution in [0.1, 0.15) is 29.8 Å². The minimum atomic E-state index is 0.206. The summed E-state index contributed by atoms with van der Waals surface area (Å²) in [5.74, 6) is 1.60. The lowest BCUT2D eigenvalue weighted by atomic mass is 9.96. The van der Waals surface area contributed by atoms with Crippen molar-refractivity contribution in [2.24, 2.45) is 5.92 Å². The van der Waals surface area contributed by atoms with Gasteiger partial charge in [-0.05, 0) is 56.4 Å². The molecule has 2 aromatic rings. The third kappa shape index (κ3) is 4.41. The average Bonchev–Trinajstić information content (AvgIpc) is 2.93. The zero-order valence-corrected chi connectivity index (χ0v) is 15.4. The topological polar surface area (TPSA) is 47.4 Å². The molecule has 3 rings (SSSR count). The molecule has 0 unspecified atom stereocenters. The van der Waals surface area contributed by atoms with E-state index in [4.69, 9.17) is 4.74 Å². The zero-order valence-electron chi connectivity index (χ0n) is 15.4. The Morgan fingerprint density at radius 2 is 2.00 bits per heavy atom. The molecule has 2 heterocycles. The average molecular weight is 341 g/mol. The lowest BCUT2D eigenvalue weighted by molar-refractivity contribution is -0.131. The molecular weight excluding hydrogens is 314 g/mol. The number of hydrogen-bond donors (Lipinski definition) is 0. The van der Waals surface area contributed by atoms with Crippen LogP contribution >= 0.6 is 0 Å². The SMILES string of the molecule is COc1cccc(CC(=O)N2CCC(Cn3nc(C)cc3C)CC2)c1. The van der Waals surface area contributed by atoms with Gasteiger partial charge in [0.1, 0.15) is 5.75 Å². The van der Waals surface area contributed by atoms with Gasteiger partial charge >= 0.3 is 0 Å². The Morgan fingerprint density at radius 3 is 2.64 bits per heavy atom. The maximum absolute atomic E-state index is 12.6. The van der Waals surface area contributed by atoms with E-state index in [-0.39, 0.29) is 5.91 Å². The molecule has 1 saturated heterocycles.